The van der Waals surface area contributed by atoms with Gasteiger partial charge in [0.1, 0.15) is 0 Å². The fourth-order valence-corrected chi connectivity index (χ4v) is 5.07. The van der Waals surface area contributed by atoms with E-state index in [1.165, 1.54) is 0 Å². The van der Waals surface area contributed by atoms with Gasteiger partial charge in [-0.05, 0) is 36.7 Å². The summed E-state index contributed by atoms with van der Waals surface area (Å²) >= 11 is 0. The third-order valence-corrected chi connectivity index (χ3v) is 6.99. The fraction of sp³-hybridized carbons (Fsp3) is 0.179. The molecule has 2 aromatic heterocycles. The molecule has 0 spiro atoms. The highest BCUT2D eigenvalue weighted by Gasteiger charge is 2.22. The number of nitrogens with two attached hydrogens (primary N) is 1. The summed E-state index contributed by atoms with van der Waals surface area (Å²) in [6.07, 6.45) is 1.80. The molecule has 0 aliphatic carbocycles. The Morgan fingerprint density at radius 2 is 1.74 bits per heavy atom. The minimum absolute atomic E-state index is 0.0183. The molecule has 0 unspecified atom stereocenters. The van der Waals surface area contributed by atoms with Gasteiger partial charge in [0.25, 0.3) is 11.8 Å². The SMILES string of the molecule is CN1CCN(C(=O)c2ccc3c(c2)[nH]c2c(C(N)=O)ccc(-c4nccc5ccccc45)c23)CC1. The number of likely N-dealkylation sites (N-methyl/N-ethyl adjacent to an activating group) is 1. The molecule has 7 nitrogen and oxygen atoms in total. The molecule has 174 valence electrons. The lowest BCUT2D eigenvalue weighted by atomic mass is 9.96. The molecule has 2 amide bonds. The maximum absolute atomic E-state index is 13.2. The summed E-state index contributed by atoms with van der Waals surface area (Å²) in [5, 5.41) is 3.91. The number of hydrogen-bond donors (Lipinski definition) is 2. The number of fused-ring (bicyclic) bond motifs is 4. The second kappa shape index (κ2) is 8.21. The summed E-state index contributed by atoms with van der Waals surface area (Å²) in [5.74, 6) is -0.488. The van der Waals surface area contributed by atoms with Gasteiger partial charge in [-0.15, -0.1) is 0 Å². The van der Waals surface area contributed by atoms with E-state index in [0.717, 1.165) is 51.4 Å². The number of primary amides is 1. The molecule has 3 aromatic carbocycles. The summed E-state index contributed by atoms with van der Waals surface area (Å²) in [7, 11) is 2.07. The van der Waals surface area contributed by atoms with Crippen molar-refractivity contribution in [3.05, 3.63) is 78.0 Å². The largest absolute Gasteiger partial charge is 0.366 e. The first-order valence-corrected chi connectivity index (χ1v) is 11.7. The molecule has 1 saturated heterocycles. The first-order chi connectivity index (χ1) is 17.0. The minimum Gasteiger partial charge on any atom is -0.366 e. The zero-order chi connectivity index (χ0) is 24.1. The van der Waals surface area contributed by atoms with Gasteiger partial charge in [0.2, 0.25) is 0 Å². The number of hydrogen-bond acceptors (Lipinski definition) is 4. The molecule has 7 heteroatoms. The third kappa shape index (κ3) is 3.52. The summed E-state index contributed by atoms with van der Waals surface area (Å²) in [6, 6.07) is 19.4. The number of benzene rings is 3. The Bertz CT molecular complexity index is 1620. The third-order valence-electron chi connectivity index (χ3n) is 6.99. The maximum Gasteiger partial charge on any atom is 0.254 e. The first-order valence-electron chi connectivity index (χ1n) is 11.7. The average Bonchev–Trinajstić information content (AvgIpc) is 3.26. The number of piperazine rings is 1. The number of H-pyrrole nitrogens is 1. The van der Waals surface area contributed by atoms with Crippen LogP contribution in [0.4, 0.5) is 0 Å². The van der Waals surface area contributed by atoms with Gasteiger partial charge in [0, 0.05) is 65.2 Å². The summed E-state index contributed by atoms with van der Waals surface area (Å²) < 4.78 is 0. The molecule has 0 bridgehead atoms. The molecule has 1 aliphatic rings. The van der Waals surface area contributed by atoms with E-state index in [4.69, 9.17) is 10.7 Å². The Balaban J connectivity index is 1.55. The van der Waals surface area contributed by atoms with Crippen LogP contribution in [-0.4, -0.2) is 64.8 Å². The molecule has 0 atom stereocenters. The van der Waals surface area contributed by atoms with Gasteiger partial charge in [-0.3, -0.25) is 14.6 Å². The van der Waals surface area contributed by atoms with Crippen molar-refractivity contribution in [1.29, 1.82) is 0 Å². The monoisotopic (exact) mass is 463 g/mol. The number of nitrogens with one attached hydrogen (secondary N) is 1. The molecule has 0 radical (unpaired) electrons. The lowest BCUT2D eigenvalue weighted by molar-refractivity contribution is 0.0664. The van der Waals surface area contributed by atoms with Crippen LogP contribution < -0.4 is 5.73 Å². The van der Waals surface area contributed by atoms with Gasteiger partial charge < -0.3 is 20.5 Å². The molecule has 0 saturated carbocycles. The van der Waals surface area contributed by atoms with Crippen molar-refractivity contribution >= 4 is 44.4 Å². The average molecular weight is 464 g/mol. The Morgan fingerprint density at radius 3 is 2.54 bits per heavy atom. The minimum atomic E-state index is -0.507. The number of aromatic amines is 1. The van der Waals surface area contributed by atoms with Gasteiger partial charge in [-0.2, -0.15) is 0 Å². The van der Waals surface area contributed by atoms with E-state index in [9.17, 15) is 9.59 Å². The van der Waals surface area contributed by atoms with E-state index in [-0.39, 0.29) is 5.91 Å². The van der Waals surface area contributed by atoms with Crippen molar-refractivity contribution < 1.29 is 9.59 Å². The number of carbonyl (C=O) groups is 2. The zero-order valence-corrected chi connectivity index (χ0v) is 19.4. The lowest BCUT2D eigenvalue weighted by Crippen LogP contribution is -2.47. The second-order valence-corrected chi connectivity index (χ2v) is 9.14. The Kier molecular flexibility index (Phi) is 5.00. The fourth-order valence-electron chi connectivity index (χ4n) is 5.07. The predicted molar refractivity (Wildman–Crippen MR) is 138 cm³/mol. The number of nitrogens with zero attached hydrogens (tertiary/aromatic N) is 3. The van der Waals surface area contributed by atoms with E-state index in [1.807, 2.05) is 53.4 Å². The van der Waals surface area contributed by atoms with Crippen LogP contribution in [0.3, 0.4) is 0 Å². The van der Waals surface area contributed by atoms with Crippen LogP contribution in [0.2, 0.25) is 0 Å². The first kappa shape index (κ1) is 21.3. The topological polar surface area (TPSA) is 95.3 Å². The van der Waals surface area contributed by atoms with Crippen molar-refractivity contribution in [2.45, 2.75) is 0 Å². The zero-order valence-electron chi connectivity index (χ0n) is 19.4. The van der Waals surface area contributed by atoms with Crippen molar-refractivity contribution in [2.24, 2.45) is 5.73 Å². The van der Waals surface area contributed by atoms with Crippen LogP contribution >= 0.6 is 0 Å². The van der Waals surface area contributed by atoms with E-state index < -0.39 is 5.91 Å². The van der Waals surface area contributed by atoms with Crippen LogP contribution in [0.5, 0.6) is 0 Å². The van der Waals surface area contributed by atoms with Gasteiger partial charge in [0.15, 0.2) is 0 Å². The number of carbonyl (C=O) groups excluding carboxylic acids is 2. The van der Waals surface area contributed by atoms with Crippen LogP contribution in [0, 0.1) is 0 Å². The van der Waals surface area contributed by atoms with Crippen LogP contribution in [0.15, 0.2) is 66.9 Å². The van der Waals surface area contributed by atoms with E-state index in [1.54, 1.807) is 12.3 Å². The van der Waals surface area contributed by atoms with Gasteiger partial charge in [-0.1, -0.05) is 36.4 Å². The summed E-state index contributed by atoms with van der Waals surface area (Å²) in [4.78, 5) is 37.7. The standard InChI is InChI=1S/C28H25N5O2/c1-32-12-14-33(15-13-32)28(35)18-6-7-20-23(16-18)31-26-22(27(29)34)9-8-21(24(20)26)25-19-5-3-2-4-17(19)10-11-30-25/h2-11,16,31H,12-15H2,1H3,(H2,29,34). The lowest BCUT2D eigenvalue weighted by Gasteiger charge is -2.32. The second-order valence-electron chi connectivity index (χ2n) is 9.14. The predicted octanol–water partition coefficient (Wildman–Crippen LogP) is 4.02. The number of amides is 2. The van der Waals surface area contributed by atoms with Crippen molar-refractivity contribution in [1.82, 2.24) is 19.8 Å². The smallest absolute Gasteiger partial charge is 0.254 e. The highest BCUT2D eigenvalue weighted by Crippen LogP contribution is 2.38. The Labute approximate surface area is 202 Å². The van der Waals surface area contributed by atoms with Gasteiger partial charge in [-0.25, -0.2) is 0 Å². The molecule has 3 heterocycles. The highest BCUT2D eigenvalue weighted by atomic mass is 16.2. The molecule has 5 aromatic rings. The summed E-state index contributed by atoms with van der Waals surface area (Å²) in [6.45, 7) is 3.15. The molecular formula is C28H25N5O2. The molecule has 1 fully saturated rings. The van der Waals surface area contributed by atoms with E-state index >= 15 is 0 Å². The summed E-state index contributed by atoms with van der Waals surface area (Å²) in [5.41, 5.74) is 9.95. The number of rotatable bonds is 3. The van der Waals surface area contributed by atoms with Crippen molar-refractivity contribution in [2.75, 3.05) is 33.2 Å². The molecule has 35 heavy (non-hydrogen) atoms. The molecule has 1 aliphatic heterocycles. The van der Waals surface area contributed by atoms with Crippen LogP contribution in [-0.2, 0) is 0 Å². The number of aromatic nitrogens is 2. The normalized spacial score (nSPS) is 14.7. The van der Waals surface area contributed by atoms with Gasteiger partial charge in [0.05, 0.1) is 16.8 Å². The Hall–Kier alpha value is -4.23. The van der Waals surface area contributed by atoms with Crippen molar-refractivity contribution in [3.63, 3.8) is 0 Å². The highest BCUT2D eigenvalue weighted by molar-refractivity contribution is 6.21. The Morgan fingerprint density at radius 1 is 0.943 bits per heavy atom. The van der Waals surface area contributed by atoms with Gasteiger partial charge >= 0.3 is 0 Å². The molecular weight excluding hydrogens is 438 g/mol. The van der Waals surface area contributed by atoms with Crippen LogP contribution in [0.25, 0.3) is 43.8 Å². The van der Waals surface area contributed by atoms with E-state index in [0.29, 0.717) is 29.7 Å². The quantitative estimate of drug-likeness (QED) is 0.422. The molecule has 6 rings (SSSR count). The van der Waals surface area contributed by atoms with Crippen LogP contribution in [0.1, 0.15) is 20.7 Å². The van der Waals surface area contributed by atoms with E-state index in [2.05, 4.69) is 23.0 Å². The maximum atomic E-state index is 13.2. The van der Waals surface area contributed by atoms with Crippen molar-refractivity contribution in [3.8, 4) is 11.3 Å². The number of pyridine rings is 1. The molecule has 3 N–H and O–H groups in total.